The van der Waals surface area contributed by atoms with Gasteiger partial charge in [-0.05, 0) is 19.4 Å². The third-order valence-corrected chi connectivity index (χ3v) is 3.56. The van der Waals surface area contributed by atoms with Gasteiger partial charge in [0.2, 0.25) is 0 Å². The van der Waals surface area contributed by atoms with Crippen LogP contribution in [-0.2, 0) is 5.41 Å². The molecule has 0 unspecified atom stereocenters. The monoisotopic (exact) mass is 203 g/mol. The van der Waals surface area contributed by atoms with Crippen molar-refractivity contribution < 1.29 is 0 Å². The van der Waals surface area contributed by atoms with Crippen molar-refractivity contribution in [1.29, 1.82) is 0 Å². The molecule has 0 aliphatic heterocycles. The SMILES string of the molecule is CC(C)(c1ccccc1)c1nccs1. The van der Waals surface area contributed by atoms with Gasteiger partial charge in [0.1, 0.15) is 5.01 Å². The Hall–Kier alpha value is -1.15. The molecule has 0 bridgehead atoms. The van der Waals surface area contributed by atoms with E-state index in [1.54, 1.807) is 11.3 Å². The molecule has 1 heterocycles. The van der Waals surface area contributed by atoms with Crippen LogP contribution in [0, 0.1) is 0 Å². The van der Waals surface area contributed by atoms with Crippen LogP contribution in [0.1, 0.15) is 24.4 Å². The van der Waals surface area contributed by atoms with Crippen LogP contribution in [0.5, 0.6) is 0 Å². The molecule has 2 aromatic rings. The zero-order valence-electron chi connectivity index (χ0n) is 8.40. The molecule has 1 nitrogen and oxygen atoms in total. The fraction of sp³-hybridized carbons (Fsp3) is 0.250. The first-order valence-electron chi connectivity index (χ1n) is 4.67. The molecular weight excluding hydrogens is 190 g/mol. The highest BCUT2D eigenvalue weighted by Crippen LogP contribution is 2.32. The van der Waals surface area contributed by atoms with Crippen molar-refractivity contribution in [1.82, 2.24) is 4.98 Å². The maximum atomic E-state index is 4.38. The normalized spacial score (nSPS) is 11.6. The van der Waals surface area contributed by atoms with Gasteiger partial charge in [-0.25, -0.2) is 4.98 Å². The topological polar surface area (TPSA) is 12.9 Å². The van der Waals surface area contributed by atoms with Crippen molar-refractivity contribution in [3.05, 3.63) is 52.5 Å². The van der Waals surface area contributed by atoms with Crippen LogP contribution >= 0.6 is 11.3 Å². The van der Waals surface area contributed by atoms with E-state index in [4.69, 9.17) is 0 Å². The lowest BCUT2D eigenvalue weighted by Crippen LogP contribution is -2.18. The van der Waals surface area contributed by atoms with E-state index in [1.165, 1.54) is 10.6 Å². The molecule has 0 radical (unpaired) electrons. The molecule has 0 aliphatic rings. The standard InChI is InChI=1S/C12H13NS/c1-12(2,11-13-8-9-14-11)10-6-4-3-5-7-10/h3-9H,1-2H3. The average molecular weight is 203 g/mol. The van der Waals surface area contributed by atoms with Gasteiger partial charge in [0.25, 0.3) is 0 Å². The summed E-state index contributed by atoms with van der Waals surface area (Å²) < 4.78 is 0. The molecule has 1 aromatic carbocycles. The smallest absolute Gasteiger partial charge is 0.102 e. The highest BCUT2D eigenvalue weighted by Gasteiger charge is 2.24. The quantitative estimate of drug-likeness (QED) is 0.728. The highest BCUT2D eigenvalue weighted by atomic mass is 32.1. The van der Waals surface area contributed by atoms with Crippen LogP contribution in [0.15, 0.2) is 41.9 Å². The summed E-state index contributed by atoms with van der Waals surface area (Å²) in [5.41, 5.74) is 1.34. The number of hydrogen-bond donors (Lipinski definition) is 0. The predicted octanol–water partition coefficient (Wildman–Crippen LogP) is 3.47. The molecule has 72 valence electrons. The summed E-state index contributed by atoms with van der Waals surface area (Å²) in [5.74, 6) is 0. The van der Waals surface area contributed by atoms with Crippen molar-refractivity contribution in [3.63, 3.8) is 0 Å². The second-order valence-electron chi connectivity index (χ2n) is 3.83. The highest BCUT2D eigenvalue weighted by molar-refractivity contribution is 7.09. The van der Waals surface area contributed by atoms with Crippen LogP contribution in [0.2, 0.25) is 0 Å². The number of thiazole rings is 1. The molecule has 0 amide bonds. The lowest BCUT2D eigenvalue weighted by molar-refractivity contribution is 0.635. The molecule has 1 aromatic heterocycles. The van der Waals surface area contributed by atoms with Gasteiger partial charge in [-0.3, -0.25) is 0 Å². The molecule has 0 aliphatic carbocycles. The van der Waals surface area contributed by atoms with Crippen LogP contribution in [0.3, 0.4) is 0 Å². The van der Waals surface area contributed by atoms with Gasteiger partial charge in [0, 0.05) is 17.0 Å². The third-order valence-electron chi connectivity index (χ3n) is 2.46. The van der Waals surface area contributed by atoms with Crippen LogP contribution < -0.4 is 0 Å². The van der Waals surface area contributed by atoms with Gasteiger partial charge in [0.05, 0.1) is 0 Å². The molecule has 0 spiro atoms. The molecule has 0 saturated carbocycles. The van der Waals surface area contributed by atoms with E-state index in [9.17, 15) is 0 Å². The Bertz CT molecular complexity index is 390. The first kappa shape index (κ1) is 9.41. The van der Waals surface area contributed by atoms with Crippen LogP contribution in [-0.4, -0.2) is 4.98 Å². The third kappa shape index (κ3) is 1.58. The molecule has 2 rings (SSSR count). The van der Waals surface area contributed by atoms with E-state index >= 15 is 0 Å². The van der Waals surface area contributed by atoms with Gasteiger partial charge in [-0.1, -0.05) is 30.3 Å². The van der Waals surface area contributed by atoms with E-state index in [0.29, 0.717) is 0 Å². The van der Waals surface area contributed by atoms with Crippen LogP contribution in [0.25, 0.3) is 0 Å². The first-order chi connectivity index (χ1) is 6.71. The zero-order chi connectivity index (χ0) is 10.0. The fourth-order valence-electron chi connectivity index (χ4n) is 1.51. The Labute approximate surface area is 88.4 Å². The minimum absolute atomic E-state index is 0.0232. The summed E-state index contributed by atoms with van der Waals surface area (Å²) in [5, 5.41) is 3.20. The number of nitrogens with zero attached hydrogens (tertiary/aromatic N) is 1. The summed E-state index contributed by atoms with van der Waals surface area (Å²) in [6.45, 7) is 4.42. The summed E-state index contributed by atoms with van der Waals surface area (Å²) in [6, 6.07) is 10.5. The van der Waals surface area contributed by atoms with Gasteiger partial charge in [0.15, 0.2) is 0 Å². The second-order valence-corrected chi connectivity index (χ2v) is 4.72. The lowest BCUT2D eigenvalue weighted by Gasteiger charge is -2.22. The Balaban J connectivity index is 2.43. The number of hydrogen-bond acceptors (Lipinski definition) is 2. The summed E-state index contributed by atoms with van der Waals surface area (Å²) in [6.07, 6.45) is 1.87. The summed E-state index contributed by atoms with van der Waals surface area (Å²) in [4.78, 5) is 4.38. The van der Waals surface area contributed by atoms with Crippen LogP contribution in [0.4, 0.5) is 0 Å². The molecule has 0 N–H and O–H groups in total. The average Bonchev–Trinajstić information content (AvgIpc) is 2.72. The van der Waals surface area contributed by atoms with Crippen molar-refractivity contribution in [2.45, 2.75) is 19.3 Å². The molecule has 0 fully saturated rings. The van der Waals surface area contributed by atoms with Crippen molar-refractivity contribution in [3.8, 4) is 0 Å². The Kier molecular flexibility index (Phi) is 2.38. The minimum atomic E-state index is 0.0232. The van der Waals surface area contributed by atoms with Gasteiger partial charge < -0.3 is 0 Å². The fourth-order valence-corrected chi connectivity index (χ4v) is 2.30. The van der Waals surface area contributed by atoms with E-state index < -0.39 is 0 Å². The summed E-state index contributed by atoms with van der Waals surface area (Å²) >= 11 is 1.71. The number of aromatic nitrogens is 1. The number of benzene rings is 1. The van der Waals surface area contributed by atoms with Gasteiger partial charge >= 0.3 is 0 Å². The van der Waals surface area contributed by atoms with E-state index in [2.05, 4.69) is 43.1 Å². The van der Waals surface area contributed by atoms with Crippen molar-refractivity contribution in [2.75, 3.05) is 0 Å². The predicted molar refractivity (Wildman–Crippen MR) is 60.7 cm³/mol. The van der Waals surface area contributed by atoms with Crippen molar-refractivity contribution >= 4 is 11.3 Å². The maximum Gasteiger partial charge on any atom is 0.102 e. The first-order valence-corrected chi connectivity index (χ1v) is 5.55. The molecule has 0 atom stereocenters. The molecule has 2 heteroatoms. The van der Waals surface area contributed by atoms with Gasteiger partial charge in [-0.15, -0.1) is 11.3 Å². The van der Waals surface area contributed by atoms with E-state index in [1.807, 2.05) is 17.6 Å². The zero-order valence-corrected chi connectivity index (χ0v) is 9.21. The Morgan fingerprint density at radius 1 is 1.14 bits per heavy atom. The lowest BCUT2D eigenvalue weighted by atomic mass is 9.85. The molecular formula is C12H13NS. The van der Waals surface area contributed by atoms with Crippen molar-refractivity contribution in [2.24, 2.45) is 0 Å². The summed E-state index contributed by atoms with van der Waals surface area (Å²) in [7, 11) is 0. The van der Waals surface area contributed by atoms with E-state index in [-0.39, 0.29) is 5.41 Å². The maximum absolute atomic E-state index is 4.38. The molecule has 0 saturated heterocycles. The Morgan fingerprint density at radius 3 is 2.43 bits per heavy atom. The largest absolute Gasteiger partial charge is 0.249 e. The van der Waals surface area contributed by atoms with Gasteiger partial charge in [-0.2, -0.15) is 0 Å². The Morgan fingerprint density at radius 2 is 1.86 bits per heavy atom. The molecule has 14 heavy (non-hydrogen) atoms. The second kappa shape index (κ2) is 3.54. The van der Waals surface area contributed by atoms with E-state index in [0.717, 1.165) is 0 Å². The number of rotatable bonds is 2. The minimum Gasteiger partial charge on any atom is -0.249 e.